The van der Waals surface area contributed by atoms with E-state index in [4.69, 9.17) is 0 Å². The molecule has 0 spiro atoms. The van der Waals surface area contributed by atoms with E-state index in [0.29, 0.717) is 18.6 Å². The van der Waals surface area contributed by atoms with Gasteiger partial charge in [0.05, 0.1) is 0 Å². The van der Waals surface area contributed by atoms with E-state index in [1.54, 1.807) is 7.05 Å². The van der Waals surface area contributed by atoms with Gasteiger partial charge in [-0.2, -0.15) is 0 Å². The average molecular weight is 266 g/mol. The van der Waals surface area contributed by atoms with Crippen LogP contribution in [0.5, 0.6) is 0 Å². The quantitative estimate of drug-likeness (QED) is 0.776. The van der Waals surface area contributed by atoms with Gasteiger partial charge in [0.25, 0.3) is 0 Å². The van der Waals surface area contributed by atoms with Gasteiger partial charge in [0.2, 0.25) is 5.91 Å². The van der Waals surface area contributed by atoms with Crippen molar-refractivity contribution >= 4 is 23.2 Å². The number of hydrogen-bond donors (Lipinski definition) is 1. The first-order valence-electron chi connectivity index (χ1n) is 6.52. The van der Waals surface area contributed by atoms with Gasteiger partial charge in [0, 0.05) is 39.1 Å². The molecule has 1 saturated carbocycles. The van der Waals surface area contributed by atoms with Crippen LogP contribution in [-0.4, -0.2) is 37.3 Å². The Balaban J connectivity index is 2.78. The monoisotopic (exact) mass is 266 g/mol. The lowest BCUT2D eigenvalue weighted by atomic mass is 9.69. The number of carbonyl (C=O) groups is 3. The van der Waals surface area contributed by atoms with Crippen LogP contribution in [0.4, 0.5) is 0 Å². The molecule has 5 heteroatoms. The highest BCUT2D eigenvalue weighted by Gasteiger charge is 2.41. The maximum absolute atomic E-state index is 12.1. The fraction of sp³-hybridized carbons (Fsp3) is 0.714. The van der Waals surface area contributed by atoms with Crippen molar-refractivity contribution in [2.24, 2.45) is 16.3 Å². The number of amides is 1. The third-order valence-corrected chi connectivity index (χ3v) is 3.45. The van der Waals surface area contributed by atoms with Gasteiger partial charge in [-0.1, -0.05) is 13.8 Å². The Morgan fingerprint density at radius 3 is 2.47 bits per heavy atom. The molecule has 106 valence electrons. The first-order chi connectivity index (χ1) is 8.80. The van der Waals surface area contributed by atoms with Crippen molar-refractivity contribution in [1.82, 2.24) is 5.32 Å². The molecule has 0 heterocycles. The lowest BCUT2D eigenvalue weighted by molar-refractivity contribution is -0.133. The van der Waals surface area contributed by atoms with E-state index in [1.165, 1.54) is 7.05 Å². The molecule has 1 atom stereocenters. The summed E-state index contributed by atoms with van der Waals surface area (Å²) in [5.41, 5.74) is 0.520. The Morgan fingerprint density at radius 2 is 1.95 bits per heavy atom. The van der Waals surface area contributed by atoms with Crippen molar-refractivity contribution in [2.45, 2.75) is 39.5 Å². The van der Waals surface area contributed by atoms with Crippen LogP contribution >= 0.6 is 0 Å². The van der Waals surface area contributed by atoms with Crippen molar-refractivity contribution in [2.75, 3.05) is 14.1 Å². The third kappa shape index (κ3) is 3.98. The summed E-state index contributed by atoms with van der Waals surface area (Å²) in [6.45, 7) is 4.00. The van der Waals surface area contributed by atoms with Gasteiger partial charge in [0.1, 0.15) is 17.5 Å². The summed E-state index contributed by atoms with van der Waals surface area (Å²) >= 11 is 0. The SMILES string of the molecule is CN=C1CC(C)(C)CC(=O)C1C(=O)CCC(=O)NC. The smallest absolute Gasteiger partial charge is 0.220 e. The van der Waals surface area contributed by atoms with E-state index in [9.17, 15) is 14.4 Å². The highest BCUT2D eigenvalue weighted by Crippen LogP contribution is 2.35. The minimum Gasteiger partial charge on any atom is -0.359 e. The Kier molecular flexibility index (Phi) is 4.97. The molecule has 5 nitrogen and oxygen atoms in total. The second-order valence-corrected chi connectivity index (χ2v) is 5.77. The molecule has 0 aromatic heterocycles. The summed E-state index contributed by atoms with van der Waals surface area (Å²) in [5.74, 6) is -1.18. The molecule has 0 saturated heterocycles. The van der Waals surface area contributed by atoms with Crippen LogP contribution in [0.2, 0.25) is 0 Å². The summed E-state index contributed by atoms with van der Waals surface area (Å²) in [4.78, 5) is 39.5. The Bertz CT molecular complexity index is 424. The van der Waals surface area contributed by atoms with Gasteiger partial charge >= 0.3 is 0 Å². The summed E-state index contributed by atoms with van der Waals surface area (Å²) in [6.07, 6.45) is 1.27. The zero-order valence-electron chi connectivity index (χ0n) is 12.1. The fourth-order valence-corrected chi connectivity index (χ4v) is 2.49. The van der Waals surface area contributed by atoms with Gasteiger partial charge < -0.3 is 5.32 Å². The van der Waals surface area contributed by atoms with Gasteiger partial charge in [-0.05, 0) is 11.8 Å². The van der Waals surface area contributed by atoms with Crippen LogP contribution < -0.4 is 5.32 Å². The number of hydrogen-bond acceptors (Lipinski definition) is 4. The molecule has 19 heavy (non-hydrogen) atoms. The molecule has 0 aromatic rings. The average Bonchev–Trinajstić information content (AvgIpc) is 2.33. The van der Waals surface area contributed by atoms with E-state index in [1.807, 2.05) is 13.8 Å². The van der Waals surface area contributed by atoms with Gasteiger partial charge in [-0.15, -0.1) is 0 Å². The highest BCUT2D eigenvalue weighted by atomic mass is 16.2. The molecule has 0 aromatic carbocycles. The van der Waals surface area contributed by atoms with Crippen LogP contribution in [0.3, 0.4) is 0 Å². The highest BCUT2D eigenvalue weighted by molar-refractivity contribution is 6.22. The number of carbonyl (C=O) groups excluding carboxylic acids is 3. The van der Waals surface area contributed by atoms with Crippen molar-refractivity contribution < 1.29 is 14.4 Å². The first-order valence-corrected chi connectivity index (χ1v) is 6.52. The molecule has 1 unspecified atom stereocenters. The maximum atomic E-state index is 12.1. The largest absolute Gasteiger partial charge is 0.359 e. The molecule has 0 radical (unpaired) electrons. The lowest BCUT2D eigenvalue weighted by Gasteiger charge is -2.33. The summed E-state index contributed by atoms with van der Waals surface area (Å²) < 4.78 is 0. The second-order valence-electron chi connectivity index (χ2n) is 5.77. The fourth-order valence-electron chi connectivity index (χ4n) is 2.49. The van der Waals surface area contributed by atoms with E-state index in [0.717, 1.165) is 0 Å². The van der Waals surface area contributed by atoms with Crippen molar-refractivity contribution in [3.63, 3.8) is 0 Å². The maximum Gasteiger partial charge on any atom is 0.220 e. The molecule has 1 rings (SSSR count). The predicted octanol–water partition coefficient (Wildman–Crippen LogP) is 1.16. The molecule has 0 aliphatic heterocycles. The molecule has 1 N–H and O–H groups in total. The van der Waals surface area contributed by atoms with Crippen LogP contribution in [0, 0.1) is 11.3 Å². The van der Waals surface area contributed by atoms with Crippen LogP contribution in [0.1, 0.15) is 39.5 Å². The number of nitrogens with one attached hydrogen (secondary N) is 1. The molecule has 1 aliphatic rings. The van der Waals surface area contributed by atoms with Crippen molar-refractivity contribution in [3.05, 3.63) is 0 Å². The summed E-state index contributed by atoms with van der Waals surface area (Å²) in [5, 5.41) is 2.47. The number of Topliss-reactive ketones (excluding diaryl/α,β-unsaturated/α-hetero) is 2. The summed E-state index contributed by atoms with van der Waals surface area (Å²) in [7, 11) is 3.14. The minimum atomic E-state index is -0.734. The topological polar surface area (TPSA) is 75.6 Å². The van der Waals surface area contributed by atoms with Crippen molar-refractivity contribution in [3.8, 4) is 0 Å². The first kappa shape index (κ1) is 15.5. The Morgan fingerprint density at radius 1 is 1.32 bits per heavy atom. The standard InChI is InChI=1S/C14H22N2O3/c1-14(2)7-9(15-3)13(11(18)8-14)10(17)5-6-12(19)16-4/h13H,5-8H2,1-4H3,(H,16,19). The molecule has 0 bridgehead atoms. The molecule has 1 aliphatic carbocycles. The third-order valence-electron chi connectivity index (χ3n) is 3.45. The Hall–Kier alpha value is -1.52. The second kappa shape index (κ2) is 6.08. The number of ketones is 2. The normalized spacial score (nSPS) is 24.3. The van der Waals surface area contributed by atoms with E-state index in [-0.39, 0.29) is 35.7 Å². The van der Waals surface area contributed by atoms with Gasteiger partial charge in [-0.25, -0.2) is 0 Å². The van der Waals surface area contributed by atoms with Crippen LogP contribution in [0.15, 0.2) is 4.99 Å². The minimum absolute atomic E-state index is 0.0706. The number of aliphatic imine (C=N–C) groups is 1. The molecule has 1 amide bonds. The van der Waals surface area contributed by atoms with Gasteiger partial charge in [-0.3, -0.25) is 19.4 Å². The molecule has 1 fully saturated rings. The predicted molar refractivity (Wildman–Crippen MR) is 73.2 cm³/mol. The lowest BCUT2D eigenvalue weighted by Crippen LogP contribution is -2.42. The summed E-state index contributed by atoms with van der Waals surface area (Å²) in [6, 6.07) is 0. The molecular formula is C14H22N2O3. The van der Waals surface area contributed by atoms with Crippen molar-refractivity contribution in [1.29, 1.82) is 0 Å². The van der Waals surface area contributed by atoms with Crippen LogP contribution in [-0.2, 0) is 14.4 Å². The molecular weight excluding hydrogens is 244 g/mol. The van der Waals surface area contributed by atoms with Gasteiger partial charge in [0.15, 0.2) is 0 Å². The zero-order chi connectivity index (χ0) is 14.6. The number of nitrogens with zero attached hydrogens (tertiary/aromatic N) is 1. The van der Waals surface area contributed by atoms with Crippen LogP contribution in [0.25, 0.3) is 0 Å². The van der Waals surface area contributed by atoms with E-state index >= 15 is 0 Å². The zero-order valence-corrected chi connectivity index (χ0v) is 12.1. The van der Waals surface area contributed by atoms with E-state index in [2.05, 4.69) is 10.3 Å². The number of rotatable bonds is 4. The Labute approximate surface area is 113 Å². The van der Waals surface area contributed by atoms with E-state index < -0.39 is 5.92 Å².